The first-order valence-corrected chi connectivity index (χ1v) is 16.0. The fourth-order valence-electron chi connectivity index (χ4n) is 7.48. The zero-order valence-corrected chi connectivity index (χ0v) is 25.4. The van der Waals surface area contributed by atoms with Gasteiger partial charge >= 0.3 is 0 Å². The number of fused-ring (bicyclic) bond motifs is 2. The summed E-state index contributed by atoms with van der Waals surface area (Å²) in [6, 6.07) is 8.92. The maximum absolute atomic E-state index is 13.7. The summed E-state index contributed by atoms with van der Waals surface area (Å²) in [4.78, 5) is 20.9. The van der Waals surface area contributed by atoms with Crippen LogP contribution in [0.4, 0.5) is 5.69 Å². The summed E-state index contributed by atoms with van der Waals surface area (Å²) in [6.07, 6.45) is 17.3. The molecule has 3 heterocycles. The van der Waals surface area contributed by atoms with Gasteiger partial charge in [0.25, 0.3) is 5.91 Å². The Hall–Kier alpha value is -2.86. The maximum atomic E-state index is 13.7. The number of pyridine rings is 1. The molecule has 41 heavy (non-hydrogen) atoms. The van der Waals surface area contributed by atoms with Crippen LogP contribution in [0.15, 0.2) is 36.4 Å². The number of anilines is 1. The molecule has 3 aliphatic rings. The number of hydrogen-bond donors (Lipinski definition) is 1. The largest absolute Gasteiger partial charge is 0.481 e. The molecule has 1 N–H and O–H groups in total. The van der Waals surface area contributed by atoms with Gasteiger partial charge in [-0.1, -0.05) is 31.1 Å². The molecule has 6 heteroatoms. The highest BCUT2D eigenvalue weighted by Crippen LogP contribution is 2.39. The van der Waals surface area contributed by atoms with Crippen molar-refractivity contribution in [3.05, 3.63) is 64.4 Å². The van der Waals surface area contributed by atoms with E-state index < -0.39 is 0 Å². The van der Waals surface area contributed by atoms with E-state index in [9.17, 15) is 4.79 Å². The van der Waals surface area contributed by atoms with Crippen LogP contribution in [0.2, 0.25) is 0 Å². The van der Waals surface area contributed by atoms with E-state index in [2.05, 4.69) is 52.5 Å². The fraction of sp³-hybridized carbons (Fsp3) is 0.600. The lowest BCUT2D eigenvalue weighted by molar-refractivity contribution is 0.0783. The van der Waals surface area contributed by atoms with Gasteiger partial charge in [0.05, 0.1) is 7.11 Å². The van der Waals surface area contributed by atoms with E-state index in [0.717, 1.165) is 73.2 Å². The van der Waals surface area contributed by atoms with Crippen LogP contribution < -0.4 is 15.0 Å². The van der Waals surface area contributed by atoms with Crippen molar-refractivity contribution >= 4 is 11.6 Å². The number of methoxy groups -OCH3 is 1. The normalized spacial score (nSPS) is 24.8. The third kappa shape index (κ3) is 7.14. The lowest BCUT2D eigenvalue weighted by atomic mass is 9.74. The molecule has 0 spiro atoms. The minimum atomic E-state index is -0.0318. The van der Waals surface area contributed by atoms with Crippen LogP contribution in [0, 0.1) is 18.8 Å². The zero-order chi connectivity index (χ0) is 28.6. The fourth-order valence-corrected chi connectivity index (χ4v) is 7.48. The SMILES string of the molecule is CCN(c1cccc2c1C/C=C/CCc1cc(C)nc(OC)c1CNC2=O)C1CCC(C2CCCCOCC2)CC1. The number of hydrogen-bond acceptors (Lipinski definition) is 5. The summed E-state index contributed by atoms with van der Waals surface area (Å²) in [5, 5.41) is 3.21. The van der Waals surface area contributed by atoms with E-state index in [0.29, 0.717) is 18.5 Å². The van der Waals surface area contributed by atoms with Crippen molar-refractivity contribution in [1.29, 1.82) is 0 Å². The molecule has 1 saturated heterocycles. The molecule has 0 bridgehead atoms. The number of allylic oxidation sites excluding steroid dienone is 2. The third-order valence-corrected chi connectivity index (χ3v) is 9.64. The molecular formula is C35H49N3O3. The van der Waals surface area contributed by atoms with Gasteiger partial charge in [-0.25, -0.2) is 4.98 Å². The number of aryl methyl sites for hydroxylation is 2. The first kappa shape index (κ1) is 29.6. The summed E-state index contributed by atoms with van der Waals surface area (Å²) in [6.45, 7) is 7.49. The van der Waals surface area contributed by atoms with Crippen molar-refractivity contribution < 1.29 is 14.3 Å². The number of benzene rings is 1. The molecule has 5 rings (SSSR count). The number of ether oxygens (including phenoxy) is 2. The Bertz CT molecular complexity index is 1190. The number of nitrogens with zero attached hydrogens (tertiary/aromatic N) is 2. The van der Waals surface area contributed by atoms with Crippen LogP contribution in [-0.2, 0) is 24.1 Å². The molecule has 1 aliphatic carbocycles. The Morgan fingerprint density at radius 2 is 1.85 bits per heavy atom. The monoisotopic (exact) mass is 559 g/mol. The summed E-state index contributed by atoms with van der Waals surface area (Å²) in [5.41, 5.74) is 6.23. The van der Waals surface area contributed by atoms with Crippen molar-refractivity contribution in [2.24, 2.45) is 11.8 Å². The lowest BCUT2D eigenvalue weighted by Gasteiger charge is -2.41. The Morgan fingerprint density at radius 3 is 2.66 bits per heavy atom. The van der Waals surface area contributed by atoms with Crippen LogP contribution in [0.25, 0.3) is 0 Å². The summed E-state index contributed by atoms with van der Waals surface area (Å²) < 4.78 is 11.4. The molecule has 1 aromatic carbocycles. The molecule has 1 atom stereocenters. The molecule has 2 aliphatic heterocycles. The van der Waals surface area contributed by atoms with Crippen LogP contribution in [0.5, 0.6) is 5.88 Å². The van der Waals surface area contributed by atoms with Crippen molar-refractivity contribution in [2.75, 3.05) is 31.8 Å². The van der Waals surface area contributed by atoms with E-state index in [1.165, 1.54) is 62.6 Å². The van der Waals surface area contributed by atoms with Gasteiger partial charge < -0.3 is 19.7 Å². The first-order valence-electron chi connectivity index (χ1n) is 16.0. The molecule has 1 amide bonds. The highest BCUT2D eigenvalue weighted by atomic mass is 16.5. The first-order chi connectivity index (χ1) is 20.1. The Kier molecular flexibility index (Phi) is 10.4. The van der Waals surface area contributed by atoms with Crippen molar-refractivity contribution in [3.63, 3.8) is 0 Å². The van der Waals surface area contributed by atoms with Gasteiger partial charge in [0.1, 0.15) is 0 Å². The summed E-state index contributed by atoms with van der Waals surface area (Å²) >= 11 is 0. The van der Waals surface area contributed by atoms with Crippen LogP contribution in [0.1, 0.15) is 97.5 Å². The molecular weight excluding hydrogens is 510 g/mol. The van der Waals surface area contributed by atoms with Crippen molar-refractivity contribution in [2.45, 2.75) is 97.1 Å². The number of rotatable bonds is 5. The molecule has 2 aromatic rings. The minimum Gasteiger partial charge on any atom is -0.481 e. The van der Waals surface area contributed by atoms with Crippen LogP contribution in [0.3, 0.4) is 0 Å². The number of carbonyl (C=O) groups excluding carboxylic acids is 1. The Labute approximate surface area is 246 Å². The van der Waals surface area contributed by atoms with E-state index in [4.69, 9.17) is 9.47 Å². The van der Waals surface area contributed by atoms with Crippen molar-refractivity contribution in [3.8, 4) is 5.88 Å². The number of nitrogens with one attached hydrogen (secondary N) is 1. The average Bonchev–Trinajstić information content (AvgIpc) is 2.96. The predicted octanol–water partition coefficient (Wildman–Crippen LogP) is 6.97. The maximum Gasteiger partial charge on any atom is 0.251 e. The Morgan fingerprint density at radius 1 is 1.02 bits per heavy atom. The second kappa shape index (κ2) is 14.4. The second-order valence-electron chi connectivity index (χ2n) is 12.1. The van der Waals surface area contributed by atoms with E-state index in [1.807, 2.05) is 13.0 Å². The van der Waals surface area contributed by atoms with Gasteiger partial charge in [-0.05, 0) is 113 Å². The zero-order valence-electron chi connectivity index (χ0n) is 25.4. The standard InChI is InChI=1S/C35H49N3O3/c1-4-38(29-18-16-27(17-19-29)26-11-8-9-21-41-22-20-26)33-15-10-14-31-30(33)13-7-5-6-12-28-23-25(2)37-35(40-3)32(28)24-36-34(31)39/h5,7,10,14-15,23,26-27,29H,4,6,8-9,11-13,16-22,24H2,1-3H3,(H,36,39)/b7-5+. The van der Waals surface area contributed by atoms with Gasteiger partial charge in [-0.15, -0.1) is 0 Å². The smallest absolute Gasteiger partial charge is 0.251 e. The summed E-state index contributed by atoms with van der Waals surface area (Å²) in [7, 11) is 1.65. The molecule has 1 saturated carbocycles. The highest BCUT2D eigenvalue weighted by molar-refractivity contribution is 5.97. The predicted molar refractivity (Wildman–Crippen MR) is 166 cm³/mol. The molecule has 1 aromatic heterocycles. The van der Waals surface area contributed by atoms with Gasteiger partial charge in [-0.3, -0.25) is 4.79 Å². The Balaban J connectivity index is 1.35. The van der Waals surface area contributed by atoms with Crippen LogP contribution in [-0.4, -0.2) is 43.8 Å². The van der Waals surface area contributed by atoms with Gasteiger partial charge in [0.2, 0.25) is 5.88 Å². The average molecular weight is 560 g/mol. The highest BCUT2D eigenvalue weighted by Gasteiger charge is 2.31. The number of aromatic nitrogens is 1. The number of carbonyl (C=O) groups is 1. The van der Waals surface area contributed by atoms with Crippen molar-refractivity contribution in [1.82, 2.24) is 10.3 Å². The van der Waals surface area contributed by atoms with Gasteiger partial charge in [-0.2, -0.15) is 0 Å². The van der Waals surface area contributed by atoms with Gasteiger partial charge in [0, 0.05) is 54.9 Å². The molecule has 1 unspecified atom stereocenters. The van der Waals surface area contributed by atoms with Crippen LogP contribution >= 0.6 is 0 Å². The molecule has 2 fully saturated rings. The minimum absolute atomic E-state index is 0.0318. The molecule has 222 valence electrons. The third-order valence-electron chi connectivity index (χ3n) is 9.64. The topological polar surface area (TPSA) is 63.7 Å². The number of amides is 1. The quantitative estimate of drug-likeness (QED) is 0.401. The molecule has 0 radical (unpaired) electrons. The second-order valence-corrected chi connectivity index (χ2v) is 12.1. The molecule has 6 nitrogen and oxygen atoms in total. The van der Waals surface area contributed by atoms with E-state index in [-0.39, 0.29) is 5.91 Å². The van der Waals surface area contributed by atoms with Gasteiger partial charge in [0.15, 0.2) is 0 Å². The summed E-state index contributed by atoms with van der Waals surface area (Å²) in [5.74, 6) is 2.22. The van der Waals surface area contributed by atoms with E-state index >= 15 is 0 Å². The lowest BCUT2D eigenvalue weighted by Crippen LogP contribution is -2.40. The van der Waals surface area contributed by atoms with E-state index in [1.54, 1.807) is 7.11 Å².